The Kier molecular flexibility index (Phi) is 4.25. The van der Waals surface area contributed by atoms with Crippen molar-refractivity contribution in [1.29, 1.82) is 0 Å². The summed E-state index contributed by atoms with van der Waals surface area (Å²) in [4.78, 5) is 11.9. The first-order valence-electron chi connectivity index (χ1n) is 7.07. The summed E-state index contributed by atoms with van der Waals surface area (Å²) in [6.07, 6.45) is 2.82. The van der Waals surface area contributed by atoms with Gasteiger partial charge in [0, 0.05) is 24.4 Å². The lowest BCUT2D eigenvalue weighted by molar-refractivity contribution is -0.121. The van der Waals surface area contributed by atoms with Gasteiger partial charge in [0.2, 0.25) is 5.91 Å². The van der Waals surface area contributed by atoms with Crippen molar-refractivity contribution < 1.29 is 4.79 Å². The van der Waals surface area contributed by atoms with Crippen LogP contribution in [-0.4, -0.2) is 18.5 Å². The summed E-state index contributed by atoms with van der Waals surface area (Å²) in [7, 11) is 0. The van der Waals surface area contributed by atoms with Crippen LogP contribution in [0.5, 0.6) is 0 Å². The van der Waals surface area contributed by atoms with Crippen molar-refractivity contribution in [2.75, 3.05) is 6.54 Å². The fourth-order valence-corrected chi connectivity index (χ4v) is 2.29. The summed E-state index contributed by atoms with van der Waals surface area (Å²) >= 11 is 0. The third-order valence-electron chi connectivity index (χ3n) is 3.93. The molecule has 3 nitrogen and oxygen atoms in total. The van der Waals surface area contributed by atoms with E-state index >= 15 is 0 Å². The summed E-state index contributed by atoms with van der Waals surface area (Å²) in [6.45, 7) is 4.93. The molecule has 0 aliphatic heterocycles. The highest BCUT2D eigenvalue weighted by Crippen LogP contribution is 2.32. The van der Waals surface area contributed by atoms with Gasteiger partial charge < -0.3 is 11.1 Å². The maximum Gasteiger partial charge on any atom is 0.221 e. The van der Waals surface area contributed by atoms with Crippen molar-refractivity contribution in [3.8, 4) is 0 Å². The SMILES string of the molecule is CC(C)(CNC(=O)CC(N)C1CC1)c1ccccc1. The molecule has 1 fully saturated rings. The second-order valence-electron chi connectivity index (χ2n) is 6.23. The highest BCUT2D eigenvalue weighted by atomic mass is 16.1. The highest BCUT2D eigenvalue weighted by Gasteiger charge is 2.30. The van der Waals surface area contributed by atoms with Crippen LogP contribution in [0.15, 0.2) is 30.3 Å². The number of amides is 1. The predicted molar refractivity (Wildman–Crippen MR) is 77.8 cm³/mol. The molecule has 3 N–H and O–H groups in total. The molecule has 0 saturated heterocycles. The van der Waals surface area contributed by atoms with E-state index in [-0.39, 0.29) is 17.4 Å². The van der Waals surface area contributed by atoms with Crippen LogP contribution in [0, 0.1) is 5.92 Å². The molecule has 3 heteroatoms. The molecule has 1 aromatic carbocycles. The summed E-state index contributed by atoms with van der Waals surface area (Å²) in [5.74, 6) is 0.649. The van der Waals surface area contributed by atoms with Gasteiger partial charge >= 0.3 is 0 Å². The minimum atomic E-state index is -0.0550. The molecule has 19 heavy (non-hydrogen) atoms. The van der Waals surface area contributed by atoms with Crippen molar-refractivity contribution in [2.45, 2.75) is 44.6 Å². The van der Waals surface area contributed by atoms with E-state index in [4.69, 9.17) is 5.73 Å². The molecule has 1 aromatic rings. The third kappa shape index (κ3) is 4.06. The normalized spacial score (nSPS) is 17.0. The van der Waals surface area contributed by atoms with Gasteiger partial charge in [0.1, 0.15) is 0 Å². The third-order valence-corrected chi connectivity index (χ3v) is 3.93. The Morgan fingerprint density at radius 2 is 2.00 bits per heavy atom. The number of rotatable bonds is 6. The molecule has 1 unspecified atom stereocenters. The van der Waals surface area contributed by atoms with Crippen molar-refractivity contribution in [3.05, 3.63) is 35.9 Å². The molecular formula is C16H24N2O. The van der Waals surface area contributed by atoms with Gasteiger partial charge in [-0.3, -0.25) is 4.79 Å². The van der Waals surface area contributed by atoms with E-state index in [1.807, 2.05) is 18.2 Å². The van der Waals surface area contributed by atoms with Crippen LogP contribution in [0.25, 0.3) is 0 Å². The number of benzene rings is 1. The molecule has 1 amide bonds. The fourth-order valence-electron chi connectivity index (χ4n) is 2.29. The Bertz CT molecular complexity index is 424. The van der Waals surface area contributed by atoms with E-state index in [1.165, 1.54) is 18.4 Å². The molecule has 2 rings (SSSR count). The van der Waals surface area contributed by atoms with E-state index in [0.29, 0.717) is 18.9 Å². The van der Waals surface area contributed by atoms with Crippen molar-refractivity contribution in [1.82, 2.24) is 5.32 Å². The van der Waals surface area contributed by atoms with Crippen LogP contribution < -0.4 is 11.1 Å². The zero-order valence-corrected chi connectivity index (χ0v) is 11.9. The molecule has 0 aromatic heterocycles. The standard InChI is InChI=1S/C16H24N2O/c1-16(2,13-6-4-3-5-7-13)11-18-15(19)10-14(17)12-8-9-12/h3-7,12,14H,8-11,17H2,1-2H3,(H,18,19). The van der Waals surface area contributed by atoms with Gasteiger partial charge in [0.15, 0.2) is 0 Å². The molecule has 104 valence electrons. The maximum absolute atomic E-state index is 11.9. The van der Waals surface area contributed by atoms with Crippen LogP contribution in [0.3, 0.4) is 0 Å². The van der Waals surface area contributed by atoms with Crippen LogP contribution in [-0.2, 0) is 10.2 Å². The monoisotopic (exact) mass is 260 g/mol. The van der Waals surface area contributed by atoms with Crippen LogP contribution in [0.2, 0.25) is 0 Å². The quantitative estimate of drug-likeness (QED) is 0.824. The van der Waals surface area contributed by atoms with Crippen LogP contribution in [0.1, 0.15) is 38.7 Å². The number of nitrogens with two attached hydrogens (primary N) is 1. The molecule has 0 bridgehead atoms. The number of hydrogen-bond donors (Lipinski definition) is 2. The van der Waals surface area contributed by atoms with Gasteiger partial charge in [-0.25, -0.2) is 0 Å². The zero-order valence-electron chi connectivity index (χ0n) is 11.9. The highest BCUT2D eigenvalue weighted by molar-refractivity contribution is 5.76. The van der Waals surface area contributed by atoms with Gasteiger partial charge in [-0.05, 0) is 24.3 Å². The van der Waals surface area contributed by atoms with Crippen molar-refractivity contribution in [2.24, 2.45) is 11.7 Å². The van der Waals surface area contributed by atoms with Crippen LogP contribution in [0.4, 0.5) is 0 Å². The smallest absolute Gasteiger partial charge is 0.221 e. The molecule has 1 aliphatic carbocycles. The van der Waals surface area contributed by atoms with Gasteiger partial charge in [0.05, 0.1) is 0 Å². The van der Waals surface area contributed by atoms with E-state index in [2.05, 4.69) is 31.3 Å². The van der Waals surface area contributed by atoms with Crippen molar-refractivity contribution >= 4 is 5.91 Å². The first-order valence-corrected chi connectivity index (χ1v) is 7.07. The lowest BCUT2D eigenvalue weighted by Crippen LogP contribution is -2.39. The van der Waals surface area contributed by atoms with E-state index in [1.54, 1.807) is 0 Å². The zero-order chi connectivity index (χ0) is 13.9. The summed E-state index contributed by atoms with van der Waals surface area (Å²) in [5.41, 5.74) is 7.15. The van der Waals surface area contributed by atoms with Gasteiger partial charge in [0.25, 0.3) is 0 Å². The fraction of sp³-hybridized carbons (Fsp3) is 0.562. The average molecular weight is 260 g/mol. The van der Waals surface area contributed by atoms with Gasteiger partial charge in [-0.2, -0.15) is 0 Å². The number of hydrogen-bond acceptors (Lipinski definition) is 2. The summed E-state index contributed by atoms with van der Waals surface area (Å²) in [6, 6.07) is 10.3. The number of nitrogens with one attached hydrogen (secondary N) is 1. The Hall–Kier alpha value is -1.35. The minimum Gasteiger partial charge on any atom is -0.355 e. The van der Waals surface area contributed by atoms with Gasteiger partial charge in [-0.15, -0.1) is 0 Å². The average Bonchev–Trinajstić information content (AvgIpc) is 3.22. The second kappa shape index (κ2) is 5.74. The minimum absolute atomic E-state index is 0.0415. The van der Waals surface area contributed by atoms with Crippen molar-refractivity contribution in [3.63, 3.8) is 0 Å². The Balaban J connectivity index is 1.82. The summed E-state index contributed by atoms with van der Waals surface area (Å²) in [5, 5.41) is 3.02. The molecule has 0 spiro atoms. The number of carbonyl (C=O) groups is 1. The molecule has 1 saturated carbocycles. The van der Waals surface area contributed by atoms with E-state index in [0.717, 1.165) is 0 Å². The molecule has 1 atom stereocenters. The van der Waals surface area contributed by atoms with Gasteiger partial charge in [-0.1, -0.05) is 44.2 Å². The second-order valence-corrected chi connectivity index (χ2v) is 6.23. The number of carbonyl (C=O) groups excluding carboxylic acids is 1. The Morgan fingerprint density at radius 1 is 1.37 bits per heavy atom. The first kappa shape index (κ1) is 14.1. The van der Waals surface area contributed by atoms with Crippen LogP contribution >= 0.6 is 0 Å². The van der Waals surface area contributed by atoms with E-state index < -0.39 is 0 Å². The summed E-state index contributed by atoms with van der Waals surface area (Å²) < 4.78 is 0. The predicted octanol–water partition coefficient (Wildman–Crippen LogP) is 2.21. The molecule has 1 aliphatic rings. The first-order chi connectivity index (χ1) is 8.99. The Labute approximate surface area is 115 Å². The topological polar surface area (TPSA) is 55.1 Å². The maximum atomic E-state index is 11.9. The van der Waals surface area contributed by atoms with E-state index in [9.17, 15) is 4.79 Å². The molecule has 0 heterocycles. The Morgan fingerprint density at radius 3 is 2.58 bits per heavy atom. The largest absolute Gasteiger partial charge is 0.355 e. The molecule has 0 radical (unpaired) electrons. The lowest BCUT2D eigenvalue weighted by atomic mass is 9.84. The molecular weight excluding hydrogens is 236 g/mol. The lowest BCUT2D eigenvalue weighted by Gasteiger charge is -2.26.